The van der Waals surface area contributed by atoms with Gasteiger partial charge < -0.3 is 15.4 Å². The van der Waals surface area contributed by atoms with E-state index in [0.29, 0.717) is 25.1 Å². The Hall–Kier alpha value is -2.41. The minimum atomic E-state index is -0.662. The lowest BCUT2D eigenvalue weighted by molar-refractivity contribution is -0.132. The molecule has 1 saturated heterocycles. The van der Waals surface area contributed by atoms with Gasteiger partial charge in [0.2, 0.25) is 5.91 Å². The molecule has 3 rings (SSSR count). The summed E-state index contributed by atoms with van der Waals surface area (Å²) in [6, 6.07) is 7.68. The molecule has 134 valence electrons. The summed E-state index contributed by atoms with van der Waals surface area (Å²) in [5.41, 5.74) is -0.662. The summed E-state index contributed by atoms with van der Waals surface area (Å²) in [5, 5.41) is 10.6. The highest BCUT2D eigenvalue weighted by atomic mass is 19.1. The molecule has 2 N–H and O–H groups in total. The predicted octanol–water partition coefficient (Wildman–Crippen LogP) is 1.68. The number of nitrogens with zero attached hydrogens (tertiary/aromatic N) is 2. The van der Waals surface area contributed by atoms with Gasteiger partial charge in [-0.1, -0.05) is 0 Å². The Morgan fingerprint density at radius 3 is 2.76 bits per heavy atom. The largest absolute Gasteiger partial charge is 0.489 e. The van der Waals surface area contributed by atoms with Crippen molar-refractivity contribution in [2.24, 2.45) is 0 Å². The highest BCUT2D eigenvalue weighted by Crippen LogP contribution is 2.27. The third-order valence-electron chi connectivity index (χ3n) is 4.50. The smallest absolute Gasteiger partial charge is 0.248 e. The van der Waals surface area contributed by atoms with Crippen LogP contribution in [-0.4, -0.2) is 41.4 Å². The van der Waals surface area contributed by atoms with Crippen LogP contribution in [-0.2, 0) is 10.3 Å². The first-order valence-corrected chi connectivity index (χ1v) is 8.51. The van der Waals surface area contributed by atoms with E-state index in [-0.39, 0.29) is 17.8 Å². The first-order valence-electron chi connectivity index (χ1n) is 8.51. The van der Waals surface area contributed by atoms with Crippen molar-refractivity contribution in [1.82, 2.24) is 20.4 Å². The molecule has 1 unspecified atom stereocenters. The minimum Gasteiger partial charge on any atom is -0.489 e. The van der Waals surface area contributed by atoms with Gasteiger partial charge in [-0.25, -0.2) is 4.39 Å². The van der Waals surface area contributed by atoms with Crippen LogP contribution in [0.4, 0.5) is 4.39 Å². The van der Waals surface area contributed by atoms with E-state index >= 15 is 0 Å². The van der Waals surface area contributed by atoms with E-state index in [1.807, 2.05) is 19.2 Å². The van der Waals surface area contributed by atoms with E-state index in [9.17, 15) is 9.18 Å². The van der Waals surface area contributed by atoms with Gasteiger partial charge in [-0.15, -0.1) is 0 Å². The molecular weight excluding hydrogens is 323 g/mol. The van der Waals surface area contributed by atoms with Gasteiger partial charge in [0.25, 0.3) is 0 Å². The Labute approximate surface area is 146 Å². The standard InChI is InChI=1S/C18H23FN4O2/c1-14(25-16-5-3-15(19)4-6-16)13-21-17(24)18(7-10-20-11-8-18)23-12-2-9-22-23/h2-6,9,12,14,20H,7-8,10-11,13H2,1H3,(H,21,24). The molecule has 1 fully saturated rings. The Kier molecular flexibility index (Phi) is 5.33. The average molecular weight is 346 g/mol. The molecular formula is C18H23FN4O2. The molecule has 6 nitrogen and oxygen atoms in total. The monoisotopic (exact) mass is 346 g/mol. The zero-order valence-electron chi connectivity index (χ0n) is 14.2. The van der Waals surface area contributed by atoms with Gasteiger partial charge in [0.05, 0.1) is 6.54 Å². The van der Waals surface area contributed by atoms with Gasteiger partial charge in [-0.05, 0) is 63.2 Å². The van der Waals surface area contributed by atoms with Crippen LogP contribution >= 0.6 is 0 Å². The highest BCUT2D eigenvalue weighted by molar-refractivity contribution is 5.84. The maximum Gasteiger partial charge on any atom is 0.248 e. The van der Waals surface area contributed by atoms with Crippen LogP contribution in [0.1, 0.15) is 19.8 Å². The molecule has 0 saturated carbocycles. The number of amides is 1. The molecule has 0 bridgehead atoms. The van der Waals surface area contributed by atoms with Gasteiger partial charge in [0, 0.05) is 12.4 Å². The first-order chi connectivity index (χ1) is 12.1. The van der Waals surface area contributed by atoms with E-state index in [1.54, 1.807) is 23.0 Å². The highest BCUT2D eigenvalue weighted by Gasteiger charge is 2.41. The predicted molar refractivity (Wildman–Crippen MR) is 91.8 cm³/mol. The number of hydrogen-bond donors (Lipinski definition) is 2. The van der Waals surface area contributed by atoms with E-state index in [2.05, 4.69) is 15.7 Å². The number of piperidine rings is 1. The number of carbonyl (C=O) groups excluding carboxylic acids is 1. The lowest BCUT2D eigenvalue weighted by Gasteiger charge is -2.36. The topological polar surface area (TPSA) is 68.2 Å². The molecule has 0 aliphatic carbocycles. The second-order valence-electron chi connectivity index (χ2n) is 6.32. The van der Waals surface area contributed by atoms with Crippen LogP contribution < -0.4 is 15.4 Å². The fourth-order valence-electron chi connectivity index (χ4n) is 3.11. The molecule has 1 aliphatic rings. The van der Waals surface area contributed by atoms with Gasteiger partial charge in [0.1, 0.15) is 23.2 Å². The van der Waals surface area contributed by atoms with Crippen LogP contribution in [0.3, 0.4) is 0 Å². The summed E-state index contributed by atoms with van der Waals surface area (Å²) in [6.07, 6.45) is 4.67. The van der Waals surface area contributed by atoms with Crippen molar-refractivity contribution in [3.63, 3.8) is 0 Å². The molecule has 25 heavy (non-hydrogen) atoms. The fourth-order valence-corrected chi connectivity index (χ4v) is 3.11. The Morgan fingerprint density at radius 1 is 1.40 bits per heavy atom. The fraction of sp³-hybridized carbons (Fsp3) is 0.444. The molecule has 1 aliphatic heterocycles. The van der Waals surface area contributed by atoms with E-state index in [1.165, 1.54) is 12.1 Å². The molecule has 0 spiro atoms. The number of ether oxygens (including phenoxy) is 1. The lowest BCUT2D eigenvalue weighted by atomic mass is 9.87. The van der Waals surface area contributed by atoms with E-state index in [4.69, 9.17) is 4.74 Å². The van der Waals surface area contributed by atoms with Gasteiger partial charge in [0.15, 0.2) is 0 Å². The third-order valence-corrected chi connectivity index (χ3v) is 4.50. The van der Waals surface area contributed by atoms with Crippen molar-refractivity contribution >= 4 is 5.91 Å². The molecule has 1 aromatic heterocycles. The van der Waals surface area contributed by atoms with Crippen LogP contribution in [0, 0.1) is 5.82 Å². The van der Waals surface area contributed by atoms with Crippen molar-refractivity contribution < 1.29 is 13.9 Å². The van der Waals surface area contributed by atoms with Crippen molar-refractivity contribution in [2.75, 3.05) is 19.6 Å². The van der Waals surface area contributed by atoms with E-state index in [0.717, 1.165) is 13.1 Å². The SMILES string of the molecule is CC(CNC(=O)C1(n2cccn2)CCNCC1)Oc1ccc(F)cc1. The molecule has 7 heteroatoms. The van der Waals surface area contributed by atoms with Crippen LogP contribution in [0.15, 0.2) is 42.7 Å². The number of halogens is 1. The summed E-state index contributed by atoms with van der Waals surface area (Å²) in [4.78, 5) is 12.9. The van der Waals surface area contributed by atoms with E-state index < -0.39 is 5.54 Å². The quantitative estimate of drug-likeness (QED) is 0.835. The Bertz CT molecular complexity index is 682. The number of hydrogen-bond acceptors (Lipinski definition) is 4. The van der Waals surface area contributed by atoms with Crippen molar-refractivity contribution in [1.29, 1.82) is 0 Å². The maximum atomic E-state index is 12.9. The average Bonchev–Trinajstić information content (AvgIpc) is 3.17. The second-order valence-corrected chi connectivity index (χ2v) is 6.32. The number of aromatic nitrogens is 2. The molecule has 2 heterocycles. The third kappa shape index (κ3) is 3.99. The maximum absolute atomic E-state index is 12.9. The summed E-state index contributed by atoms with van der Waals surface area (Å²) < 4.78 is 20.4. The molecule has 1 aromatic carbocycles. The Balaban J connectivity index is 1.61. The van der Waals surface area contributed by atoms with Crippen molar-refractivity contribution in [2.45, 2.75) is 31.4 Å². The summed E-state index contributed by atoms with van der Waals surface area (Å²) in [5.74, 6) is 0.222. The van der Waals surface area contributed by atoms with Crippen LogP contribution in [0.5, 0.6) is 5.75 Å². The lowest BCUT2D eigenvalue weighted by Crippen LogP contribution is -2.55. The summed E-state index contributed by atoms with van der Waals surface area (Å²) in [6.45, 7) is 3.78. The zero-order valence-corrected chi connectivity index (χ0v) is 14.2. The number of carbonyl (C=O) groups is 1. The normalized spacial score (nSPS) is 17.7. The number of nitrogens with one attached hydrogen (secondary N) is 2. The number of benzene rings is 1. The van der Waals surface area contributed by atoms with Crippen LogP contribution in [0.2, 0.25) is 0 Å². The van der Waals surface area contributed by atoms with Gasteiger partial charge in [-0.3, -0.25) is 9.48 Å². The first kappa shape index (κ1) is 17.4. The second kappa shape index (κ2) is 7.65. The molecule has 2 aromatic rings. The minimum absolute atomic E-state index is 0.0488. The molecule has 1 amide bonds. The Morgan fingerprint density at radius 2 is 2.12 bits per heavy atom. The van der Waals surface area contributed by atoms with Crippen LogP contribution in [0.25, 0.3) is 0 Å². The molecule has 1 atom stereocenters. The summed E-state index contributed by atoms with van der Waals surface area (Å²) >= 11 is 0. The summed E-state index contributed by atoms with van der Waals surface area (Å²) in [7, 11) is 0. The zero-order chi connectivity index (χ0) is 17.7. The van der Waals surface area contributed by atoms with Crippen molar-refractivity contribution in [3.8, 4) is 5.75 Å². The van der Waals surface area contributed by atoms with Gasteiger partial charge in [-0.2, -0.15) is 5.10 Å². The number of rotatable bonds is 6. The molecule has 0 radical (unpaired) electrons. The van der Waals surface area contributed by atoms with Gasteiger partial charge >= 0.3 is 0 Å². The van der Waals surface area contributed by atoms with Crippen molar-refractivity contribution in [3.05, 3.63) is 48.5 Å².